The predicted octanol–water partition coefficient (Wildman–Crippen LogP) is 4.42. The second-order valence-corrected chi connectivity index (χ2v) is 7.76. The van der Waals surface area contributed by atoms with Crippen LogP contribution in [0.2, 0.25) is 5.02 Å². The van der Waals surface area contributed by atoms with Gasteiger partial charge in [-0.15, -0.1) is 0 Å². The van der Waals surface area contributed by atoms with E-state index in [4.69, 9.17) is 21.1 Å². The Kier molecular flexibility index (Phi) is 8.17. The molecule has 168 valence electrons. The molecule has 0 fully saturated rings. The van der Waals surface area contributed by atoms with Crippen molar-refractivity contribution in [1.82, 2.24) is 5.43 Å². The van der Waals surface area contributed by atoms with Crippen LogP contribution in [0.1, 0.15) is 15.9 Å². The smallest absolute Gasteiger partial charge is 0.345 e. The topological polar surface area (TPSA) is 106 Å². The number of hydrogen-bond donors (Lipinski definition) is 2. The maximum atomic E-state index is 12.4. The van der Waals surface area contributed by atoms with Crippen molar-refractivity contribution in [2.45, 2.75) is 0 Å². The second kappa shape index (κ2) is 11.3. The summed E-state index contributed by atoms with van der Waals surface area (Å²) in [5, 5.41) is 6.49. The maximum absolute atomic E-state index is 12.4. The van der Waals surface area contributed by atoms with E-state index in [1.54, 1.807) is 60.7 Å². The van der Waals surface area contributed by atoms with Crippen LogP contribution in [0.3, 0.4) is 0 Å². The van der Waals surface area contributed by atoms with Crippen LogP contribution in [-0.4, -0.2) is 31.1 Å². The van der Waals surface area contributed by atoms with E-state index in [9.17, 15) is 14.4 Å². The molecule has 0 saturated carbocycles. The zero-order valence-corrected chi connectivity index (χ0v) is 19.5. The third-order valence-electron chi connectivity index (χ3n) is 4.17. The highest BCUT2D eigenvalue weighted by Gasteiger charge is 2.16. The normalized spacial score (nSPS) is 10.5. The van der Waals surface area contributed by atoms with Crippen LogP contribution >= 0.6 is 27.5 Å². The molecule has 0 unspecified atom stereocenters. The van der Waals surface area contributed by atoms with E-state index in [1.807, 2.05) is 0 Å². The van der Waals surface area contributed by atoms with Crippen molar-refractivity contribution >= 4 is 57.2 Å². The van der Waals surface area contributed by atoms with Gasteiger partial charge in [-0.05, 0) is 60.2 Å². The van der Waals surface area contributed by atoms with E-state index in [0.29, 0.717) is 11.3 Å². The SMILES string of the molecule is COc1cc(C=NNC(=O)C(=O)Nc2ccc(Br)cc2)ccc1OC(=O)c1ccccc1Cl. The molecule has 0 radical (unpaired) electrons. The van der Waals surface area contributed by atoms with Crippen LogP contribution in [0.15, 0.2) is 76.3 Å². The molecule has 0 aromatic heterocycles. The molecule has 0 saturated heterocycles. The largest absolute Gasteiger partial charge is 0.493 e. The summed E-state index contributed by atoms with van der Waals surface area (Å²) in [6, 6.07) is 17.9. The van der Waals surface area contributed by atoms with E-state index in [0.717, 1.165) is 4.47 Å². The summed E-state index contributed by atoms with van der Waals surface area (Å²) in [4.78, 5) is 36.2. The lowest BCUT2D eigenvalue weighted by atomic mass is 10.2. The Morgan fingerprint density at radius 3 is 2.39 bits per heavy atom. The average Bonchev–Trinajstić information content (AvgIpc) is 2.81. The number of amides is 2. The van der Waals surface area contributed by atoms with Gasteiger partial charge in [-0.3, -0.25) is 9.59 Å². The van der Waals surface area contributed by atoms with E-state index < -0.39 is 17.8 Å². The van der Waals surface area contributed by atoms with Crippen LogP contribution in [0.5, 0.6) is 11.5 Å². The highest BCUT2D eigenvalue weighted by molar-refractivity contribution is 9.10. The Balaban J connectivity index is 1.61. The van der Waals surface area contributed by atoms with Crippen LogP contribution < -0.4 is 20.2 Å². The minimum atomic E-state index is -0.938. The Morgan fingerprint density at radius 2 is 1.70 bits per heavy atom. The summed E-state index contributed by atoms with van der Waals surface area (Å²) in [5.74, 6) is -2.00. The van der Waals surface area contributed by atoms with Gasteiger partial charge < -0.3 is 14.8 Å². The fourth-order valence-electron chi connectivity index (χ4n) is 2.57. The van der Waals surface area contributed by atoms with E-state index in [-0.39, 0.29) is 22.1 Å². The molecule has 0 bridgehead atoms. The average molecular weight is 531 g/mol. The summed E-state index contributed by atoms with van der Waals surface area (Å²) in [6.45, 7) is 0. The number of methoxy groups -OCH3 is 1. The van der Waals surface area contributed by atoms with Gasteiger partial charge in [0.2, 0.25) is 0 Å². The standard InChI is InChI=1S/C23H17BrClN3O5/c1-32-20-12-14(6-11-19(20)33-23(31)17-4-2-3-5-18(17)25)13-26-28-22(30)21(29)27-16-9-7-15(24)8-10-16/h2-13H,1H3,(H,27,29)(H,28,30). The van der Waals surface area contributed by atoms with Gasteiger partial charge in [-0.25, -0.2) is 10.2 Å². The number of benzene rings is 3. The third-order valence-corrected chi connectivity index (χ3v) is 5.03. The molecule has 0 aliphatic carbocycles. The lowest BCUT2D eigenvalue weighted by molar-refractivity contribution is -0.136. The highest BCUT2D eigenvalue weighted by Crippen LogP contribution is 2.29. The van der Waals surface area contributed by atoms with Crippen molar-refractivity contribution in [2.75, 3.05) is 12.4 Å². The van der Waals surface area contributed by atoms with Gasteiger partial charge in [0.25, 0.3) is 0 Å². The Bertz CT molecular complexity index is 1210. The Hall–Kier alpha value is -3.69. The lowest BCUT2D eigenvalue weighted by Gasteiger charge is -2.10. The molecule has 0 heterocycles. The summed E-state index contributed by atoms with van der Waals surface area (Å²) >= 11 is 9.31. The van der Waals surface area contributed by atoms with Crippen molar-refractivity contribution in [3.63, 3.8) is 0 Å². The predicted molar refractivity (Wildman–Crippen MR) is 128 cm³/mol. The molecule has 3 aromatic rings. The van der Waals surface area contributed by atoms with Gasteiger partial charge in [0.15, 0.2) is 11.5 Å². The summed E-state index contributed by atoms with van der Waals surface area (Å²) in [5.41, 5.74) is 3.35. The number of nitrogens with zero attached hydrogens (tertiary/aromatic N) is 1. The molecule has 0 aliphatic heterocycles. The number of halogens is 2. The summed E-state index contributed by atoms with van der Waals surface area (Å²) in [7, 11) is 1.41. The lowest BCUT2D eigenvalue weighted by Crippen LogP contribution is -2.32. The third kappa shape index (κ3) is 6.64. The fraction of sp³-hybridized carbons (Fsp3) is 0.0435. The minimum Gasteiger partial charge on any atom is -0.493 e. The van der Waals surface area contributed by atoms with Crippen molar-refractivity contribution in [1.29, 1.82) is 0 Å². The summed E-state index contributed by atoms with van der Waals surface area (Å²) in [6.07, 6.45) is 1.31. The van der Waals surface area contributed by atoms with Gasteiger partial charge in [-0.1, -0.05) is 39.7 Å². The van der Waals surface area contributed by atoms with E-state index in [2.05, 4.69) is 31.8 Å². The van der Waals surface area contributed by atoms with E-state index >= 15 is 0 Å². The van der Waals surface area contributed by atoms with Crippen LogP contribution in [-0.2, 0) is 9.59 Å². The number of anilines is 1. The molecule has 2 amide bonds. The monoisotopic (exact) mass is 529 g/mol. The number of hydrogen-bond acceptors (Lipinski definition) is 6. The quantitative estimate of drug-likeness (QED) is 0.161. The second-order valence-electron chi connectivity index (χ2n) is 6.44. The van der Waals surface area contributed by atoms with Crippen LogP contribution in [0, 0.1) is 0 Å². The molecule has 0 spiro atoms. The number of nitrogens with one attached hydrogen (secondary N) is 2. The first kappa shape index (κ1) is 24.0. The number of rotatable bonds is 6. The fourth-order valence-corrected chi connectivity index (χ4v) is 3.04. The Labute approximate surface area is 202 Å². The molecule has 0 aliphatic rings. The molecule has 2 N–H and O–H groups in total. The first-order valence-electron chi connectivity index (χ1n) is 9.42. The summed E-state index contributed by atoms with van der Waals surface area (Å²) < 4.78 is 11.5. The van der Waals surface area contributed by atoms with Gasteiger partial charge in [0, 0.05) is 10.2 Å². The number of carbonyl (C=O) groups excluding carboxylic acids is 3. The number of ether oxygens (including phenoxy) is 2. The van der Waals surface area contributed by atoms with Gasteiger partial charge in [0.1, 0.15) is 0 Å². The van der Waals surface area contributed by atoms with E-state index in [1.165, 1.54) is 19.4 Å². The van der Waals surface area contributed by atoms with Crippen molar-refractivity contribution in [2.24, 2.45) is 5.10 Å². The maximum Gasteiger partial charge on any atom is 0.345 e. The number of hydrazone groups is 1. The molecule has 8 nitrogen and oxygen atoms in total. The molecule has 3 rings (SSSR count). The van der Waals surface area contributed by atoms with Gasteiger partial charge in [0.05, 0.1) is 23.9 Å². The number of esters is 1. The Morgan fingerprint density at radius 1 is 0.970 bits per heavy atom. The van der Waals surface area contributed by atoms with Crippen molar-refractivity contribution in [3.8, 4) is 11.5 Å². The molecule has 10 heteroatoms. The van der Waals surface area contributed by atoms with Crippen molar-refractivity contribution < 1.29 is 23.9 Å². The number of carbonyl (C=O) groups is 3. The van der Waals surface area contributed by atoms with Crippen LogP contribution in [0.4, 0.5) is 5.69 Å². The zero-order chi connectivity index (χ0) is 23.8. The molecular formula is C23H17BrClN3O5. The first-order valence-corrected chi connectivity index (χ1v) is 10.6. The molecule has 0 atom stereocenters. The van der Waals surface area contributed by atoms with Gasteiger partial charge >= 0.3 is 17.8 Å². The zero-order valence-electron chi connectivity index (χ0n) is 17.2. The van der Waals surface area contributed by atoms with Crippen LogP contribution in [0.25, 0.3) is 0 Å². The first-order chi connectivity index (χ1) is 15.9. The minimum absolute atomic E-state index is 0.178. The van der Waals surface area contributed by atoms with Gasteiger partial charge in [-0.2, -0.15) is 5.10 Å². The highest BCUT2D eigenvalue weighted by atomic mass is 79.9. The molecule has 3 aromatic carbocycles. The molecule has 33 heavy (non-hydrogen) atoms. The van der Waals surface area contributed by atoms with Crippen molar-refractivity contribution in [3.05, 3.63) is 87.4 Å². The molecular weight excluding hydrogens is 514 g/mol.